The molecule has 1 aromatic heterocycles. The minimum absolute atomic E-state index is 0.0736. The normalized spacial score (nSPS) is 12.8. The molecule has 1 amide bonds. The summed E-state index contributed by atoms with van der Waals surface area (Å²) in [5, 5.41) is 6.90. The van der Waals surface area contributed by atoms with Gasteiger partial charge >= 0.3 is 0 Å². The van der Waals surface area contributed by atoms with Crippen molar-refractivity contribution < 1.29 is 4.79 Å². The van der Waals surface area contributed by atoms with Gasteiger partial charge in [-0.15, -0.1) is 0 Å². The Morgan fingerprint density at radius 3 is 2.88 bits per heavy atom. The maximum atomic E-state index is 11.5. The molecule has 0 bridgehead atoms. The van der Waals surface area contributed by atoms with Crippen LogP contribution >= 0.6 is 0 Å². The maximum Gasteiger partial charge on any atom is 0.237 e. The van der Waals surface area contributed by atoms with Gasteiger partial charge in [0.2, 0.25) is 5.91 Å². The van der Waals surface area contributed by atoms with Crippen molar-refractivity contribution in [3.63, 3.8) is 0 Å². The molecule has 0 aliphatic heterocycles. The Labute approximate surface area is 96.0 Å². The standard InChI is InChI=1S/C11H20N4O/c1-9(2)10(12)11(16)13-5-3-7-15-8-4-6-14-15/h4,6,8-10H,3,5,7,12H2,1-2H3,(H,13,16)/t10-/m0/s1. The van der Waals surface area contributed by atoms with Crippen molar-refractivity contribution in [2.75, 3.05) is 6.54 Å². The van der Waals surface area contributed by atoms with Crippen molar-refractivity contribution in [3.05, 3.63) is 18.5 Å². The smallest absolute Gasteiger partial charge is 0.237 e. The lowest BCUT2D eigenvalue weighted by atomic mass is 10.1. The number of aromatic nitrogens is 2. The number of hydrogen-bond acceptors (Lipinski definition) is 3. The monoisotopic (exact) mass is 224 g/mol. The number of hydrogen-bond donors (Lipinski definition) is 2. The first-order valence-corrected chi connectivity index (χ1v) is 5.62. The van der Waals surface area contributed by atoms with E-state index in [1.54, 1.807) is 6.20 Å². The van der Waals surface area contributed by atoms with Crippen molar-refractivity contribution in [3.8, 4) is 0 Å². The molecule has 1 aromatic rings. The Balaban J connectivity index is 2.13. The Kier molecular flexibility index (Phi) is 4.98. The number of amides is 1. The fraction of sp³-hybridized carbons (Fsp3) is 0.636. The minimum atomic E-state index is -0.412. The molecule has 5 heteroatoms. The van der Waals surface area contributed by atoms with Crippen LogP contribution in [0.5, 0.6) is 0 Å². The first-order valence-electron chi connectivity index (χ1n) is 5.62. The Hall–Kier alpha value is -1.36. The highest BCUT2D eigenvalue weighted by Crippen LogP contribution is 1.97. The molecule has 0 fully saturated rings. The lowest BCUT2D eigenvalue weighted by Crippen LogP contribution is -2.44. The van der Waals surface area contributed by atoms with E-state index in [-0.39, 0.29) is 11.8 Å². The lowest BCUT2D eigenvalue weighted by Gasteiger charge is -2.15. The molecule has 0 aromatic carbocycles. The van der Waals surface area contributed by atoms with Crippen LogP contribution in [0.3, 0.4) is 0 Å². The average molecular weight is 224 g/mol. The Morgan fingerprint density at radius 2 is 2.31 bits per heavy atom. The van der Waals surface area contributed by atoms with Crippen LogP contribution in [0.4, 0.5) is 0 Å². The van der Waals surface area contributed by atoms with E-state index >= 15 is 0 Å². The van der Waals surface area contributed by atoms with Crippen LogP contribution in [0.25, 0.3) is 0 Å². The summed E-state index contributed by atoms with van der Waals surface area (Å²) in [6.45, 7) is 5.32. The summed E-state index contributed by atoms with van der Waals surface area (Å²) in [4.78, 5) is 11.5. The van der Waals surface area contributed by atoms with Gasteiger partial charge < -0.3 is 11.1 Å². The number of carbonyl (C=O) groups excluding carboxylic acids is 1. The molecule has 5 nitrogen and oxygen atoms in total. The molecule has 0 radical (unpaired) electrons. The van der Waals surface area contributed by atoms with E-state index in [4.69, 9.17) is 5.73 Å². The zero-order valence-electron chi connectivity index (χ0n) is 9.89. The van der Waals surface area contributed by atoms with E-state index in [1.807, 2.05) is 30.8 Å². The zero-order valence-corrected chi connectivity index (χ0v) is 9.89. The van der Waals surface area contributed by atoms with Gasteiger partial charge in [0, 0.05) is 25.5 Å². The second-order valence-corrected chi connectivity index (χ2v) is 4.18. The van der Waals surface area contributed by atoms with Gasteiger partial charge in [0.15, 0.2) is 0 Å². The third-order valence-electron chi connectivity index (χ3n) is 2.44. The summed E-state index contributed by atoms with van der Waals surface area (Å²) >= 11 is 0. The van der Waals surface area contributed by atoms with E-state index in [2.05, 4.69) is 10.4 Å². The molecule has 16 heavy (non-hydrogen) atoms. The van der Waals surface area contributed by atoms with Gasteiger partial charge in [0.25, 0.3) is 0 Å². The molecule has 1 heterocycles. The summed E-state index contributed by atoms with van der Waals surface area (Å²) in [6, 6.07) is 1.47. The summed E-state index contributed by atoms with van der Waals surface area (Å²) in [5.41, 5.74) is 5.71. The maximum absolute atomic E-state index is 11.5. The summed E-state index contributed by atoms with van der Waals surface area (Å²) < 4.78 is 1.84. The van der Waals surface area contributed by atoms with Crippen LogP contribution in [0.15, 0.2) is 18.5 Å². The number of rotatable bonds is 6. The van der Waals surface area contributed by atoms with E-state index in [0.717, 1.165) is 13.0 Å². The third-order valence-corrected chi connectivity index (χ3v) is 2.44. The molecule has 0 saturated carbocycles. The lowest BCUT2D eigenvalue weighted by molar-refractivity contribution is -0.123. The van der Waals surface area contributed by atoms with Crippen LogP contribution in [0.2, 0.25) is 0 Å². The highest BCUT2D eigenvalue weighted by Gasteiger charge is 2.15. The van der Waals surface area contributed by atoms with Crippen molar-refractivity contribution in [2.45, 2.75) is 32.9 Å². The predicted octanol–water partition coefficient (Wildman–Crippen LogP) is 0.373. The quantitative estimate of drug-likeness (QED) is 0.686. The van der Waals surface area contributed by atoms with E-state index in [0.29, 0.717) is 6.54 Å². The molecular weight excluding hydrogens is 204 g/mol. The van der Waals surface area contributed by atoms with E-state index < -0.39 is 6.04 Å². The molecule has 0 spiro atoms. The Morgan fingerprint density at radius 1 is 1.56 bits per heavy atom. The van der Waals surface area contributed by atoms with Crippen molar-refractivity contribution in [1.82, 2.24) is 15.1 Å². The summed E-state index contributed by atoms with van der Waals surface area (Å²) in [5.74, 6) is 0.0987. The molecular formula is C11H20N4O. The molecule has 0 unspecified atom stereocenters. The predicted molar refractivity (Wildman–Crippen MR) is 62.7 cm³/mol. The highest BCUT2D eigenvalue weighted by atomic mass is 16.2. The fourth-order valence-corrected chi connectivity index (χ4v) is 1.31. The van der Waals surface area contributed by atoms with Crippen LogP contribution in [-0.4, -0.2) is 28.3 Å². The van der Waals surface area contributed by atoms with Gasteiger partial charge in [-0.1, -0.05) is 13.8 Å². The van der Waals surface area contributed by atoms with Crippen LogP contribution < -0.4 is 11.1 Å². The second kappa shape index (κ2) is 6.27. The molecule has 1 rings (SSSR count). The highest BCUT2D eigenvalue weighted by molar-refractivity contribution is 5.81. The van der Waals surface area contributed by atoms with Gasteiger partial charge in [0.1, 0.15) is 0 Å². The molecule has 3 N–H and O–H groups in total. The number of aryl methyl sites for hydroxylation is 1. The molecule has 0 aliphatic carbocycles. The van der Waals surface area contributed by atoms with Gasteiger partial charge in [-0.2, -0.15) is 5.10 Å². The Bertz CT molecular complexity index is 308. The summed E-state index contributed by atoms with van der Waals surface area (Å²) in [6.07, 6.45) is 4.51. The van der Waals surface area contributed by atoms with Crippen molar-refractivity contribution in [2.24, 2.45) is 11.7 Å². The number of nitrogens with zero attached hydrogens (tertiary/aromatic N) is 2. The molecule has 0 saturated heterocycles. The van der Waals surface area contributed by atoms with Crippen LogP contribution in [0, 0.1) is 5.92 Å². The van der Waals surface area contributed by atoms with E-state index in [9.17, 15) is 4.79 Å². The largest absolute Gasteiger partial charge is 0.355 e. The van der Waals surface area contributed by atoms with Crippen molar-refractivity contribution in [1.29, 1.82) is 0 Å². The molecule has 90 valence electrons. The first-order chi connectivity index (χ1) is 7.61. The van der Waals surface area contributed by atoms with Crippen LogP contribution in [-0.2, 0) is 11.3 Å². The number of carbonyl (C=O) groups is 1. The zero-order chi connectivity index (χ0) is 12.0. The van der Waals surface area contributed by atoms with Gasteiger partial charge in [-0.05, 0) is 18.4 Å². The SMILES string of the molecule is CC(C)[C@H](N)C(=O)NCCCn1cccn1. The van der Waals surface area contributed by atoms with Gasteiger partial charge in [-0.25, -0.2) is 0 Å². The molecule has 1 atom stereocenters. The van der Waals surface area contributed by atoms with Gasteiger partial charge in [0.05, 0.1) is 6.04 Å². The van der Waals surface area contributed by atoms with Gasteiger partial charge in [-0.3, -0.25) is 9.48 Å². The van der Waals surface area contributed by atoms with Crippen LogP contribution in [0.1, 0.15) is 20.3 Å². The minimum Gasteiger partial charge on any atom is -0.355 e. The molecule has 0 aliphatic rings. The van der Waals surface area contributed by atoms with E-state index in [1.165, 1.54) is 0 Å². The van der Waals surface area contributed by atoms with Crippen molar-refractivity contribution >= 4 is 5.91 Å². The third kappa shape index (κ3) is 4.02. The first kappa shape index (κ1) is 12.7. The topological polar surface area (TPSA) is 72.9 Å². The number of nitrogens with two attached hydrogens (primary N) is 1. The number of nitrogens with one attached hydrogen (secondary N) is 1. The average Bonchev–Trinajstić information content (AvgIpc) is 2.75. The second-order valence-electron chi connectivity index (χ2n) is 4.18. The fourth-order valence-electron chi connectivity index (χ4n) is 1.31. The summed E-state index contributed by atoms with van der Waals surface area (Å²) in [7, 11) is 0.